The van der Waals surface area contributed by atoms with E-state index in [9.17, 15) is 8.42 Å². The van der Waals surface area contributed by atoms with Crippen LogP contribution in [0.1, 0.15) is 11.4 Å². The lowest BCUT2D eigenvalue weighted by Gasteiger charge is -2.00. The van der Waals surface area contributed by atoms with Crippen molar-refractivity contribution in [1.29, 1.82) is 0 Å². The molecule has 0 amide bonds. The van der Waals surface area contributed by atoms with Crippen molar-refractivity contribution in [1.82, 2.24) is 9.55 Å². The van der Waals surface area contributed by atoms with Crippen LogP contribution in [0.4, 0.5) is 0 Å². The van der Waals surface area contributed by atoms with Crippen molar-refractivity contribution in [3.8, 4) is 0 Å². The summed E-state index contributed by atoms with van der Waals surface area (Å²) in [5.41, 5.74) is 2.25. The van der Waals surface area contributed by atoms with Gasteiger partial charge in [-0.25, -0.2) is 13.4 Å². The van der Waals surface area contributed by atoms with Gasteiger partial charge in [0.1, 0.15) is 5.82 Å². The zero-order valence-electron chi connectivity index (χ0n) is 8.94. The fraction of sp³-hybridized carbons (Fsp3) is 0.300. The minimum absolute atomic E-state index is 0.192. The molecule has 0 unspecified atom stereocenters. The zero-order valence-corrected chi connectivity index (χ0v) is 10.5. The first-order chi connectivity index (χ1) is 7.38. The molecule has 0 saturated heterocycles. The number of aromatic nitrogens is 2. The highest BCUT2D eigenvalue weighted by molar-refractivity contribution is 8.13. The number of imidazole rings is 1. The first-order valence-corrected chi connectivity index (χ1v) is 7.19. The first kappa shape index (κ1) is 11.4. The number of hydrogen-bond acceptors (Lipinski definition) is 3. The summed E-state index contributed by atoms with van der Waals surface area (Å²) in [6.45, 7) is 1.87. The highest BCUT2D eigenvalue weighted by Crippen LogP contribution is 2.21. The molecule has 0 bridgehead atoms. The van der Waals surface area contributed by atoms with Gasteiger partial charge in [-0.05, 0) is 18.6 Å². The maximum absolute atomic E-state index is 11.1. The van der Waals surface area contributed by atoms with E-state index in [4.69, 9.17) is 10.7 Å². The van der Waals surface area contributed by atoms with E-state index in [1.807, 2.05) is 24.6 Å². The van der Waals surface area contributed by atoms with Gasteiger partial charge in [0.2, 0.25) is 9.05 Å². The molecule has 0 aliphatic carbocycles. The smallest absolute Gasteiger partial charge is 0.236 e. The fourth-order valence-corrected chi connectivity index (χ4v) is 2.65. The second-order valence-corrected chi connectivity index (χ2v) is 6.46. The lowest BCUT2D eigenvalue weighted by molar-refractivity contribution is 0.609. The van der Waals surface area contributed by atoms with Gasteiger partial charge in [0, 0.05) is 17.7 Å². The molecule has 6 heteroatoms. The molecule has 1 heterocycles. The van der Waals surface area contributed by atoms with E-state index in [0.29, 0.717) is 11.1 Å². The molecule has 0 fully saturated rings. The van der Waals surface area contributed by atoms with Crippen molar-refractivity contribution < 1.29 is 8.42 Å². The summed E-state index contributed by atoms with van der Waals surface area (Å²) in [7, 11) is 3.60. The van der Waals surface area contributed by atoms with Gasteiger partial charge in [0.25, 0.3) is 0 Å². The monoisotopic (exact) mass is 258 g/mol. The number of fused-ring (bicyclic) bond motifs is 1. The summed E-state index contributed by atoms with van der Waals surface area (Å²) in [5, 5.41) is 0. The van der Waals surface area contributed by atoms with Crippen molar-refractivity contribution in [2.45, 2.75) is 12.7 Å². The molecule has 0 saturated carbocycles. The van der Waals surface area contributed by atoms with Crippen LogP contribution in [-0.4, -0.2) is 18.0 Å². The highest BCUT2D eigenvalue weighted by atomic mass is 35.7. The third-order valence-corrected chi connectivity index (χ3v) is 3.53. The van der Waals surface area contributed by atoms with E-state index in [1.54, 1.807) is 12.1 Å². The molecule has 0 radical (unpaired) electrons. The van der Waals surface area contributed by atoms with Crippen LogP contribution in [0.2, 0.25) is 0 Å². The molecule has 1 aromatic heterocycles. The van der Waals surface area contributed by atoms with Crippen LogP contribution in [0.25, 0.3) is 11.0 Å². The lowest BCUT2D eigenvalue weighted by atomic mass is 10.2. The van der Waals surface area contributed by atoms with Gasteiger partial charge >= 0.3 is 0 Å². The van der Waals surface area contributed by atoms with E-state index >= 15 is 0 Å². The number of para-hydroxylation sites is 1. The Bertz CT molecular complexity index is 646. The molecule has 0 aliphatic rings. The first-order valence-electron chi connectivity index (χ1n) is 4.72. The van der Waals surface area contributed by atoms with Gasteiger partial charge < -0.3 is 4.57 Å². The minimum Gasteiger partial charge on any atom is -0.331 e. The Balaban J connectivity index is 2.67. The number of benzene rings is 1. The molecule has 0 aliphatic heterocycles. The Kier molecular flexibility index (Phi) is 2.67. The quantitative estimate of drug-likeness (QED) is 0.774. The molecule has 2 aromatic rings. The Labute approximate surface area is 98.3 Å². The minimum atomic E-state index is -3.55. The third kappa shape index (κ3) is 2.05. The van der Waals surface area contributed by atoms with Gasteiger partial charge in [0.05, 0.1) is 16.8 Å². The number of nitrogens with zero attached hydrogens (tertiary/aromatic N) is 2. The summed E-state index contributed by atoms with van der Waals surface area (Å²) in [6.07, 6.45) is 0. The third-order valence-electron chi connectivity index (χ3n) is 2.55. The van der Waals surface area contributed by atoms with Crippen molar-refractivity contribution in [3.63, 3.8) is 0 Å². The second-order valence-electron chi connectivity index (χ2n) is 3.69. The predicted octanol–water partition coefficient (Wildman–Crippen LogP) is 1.95. The molecule has 0 spiro atoms. The Morgan fingerprint density at radius 2 is 2.12 bits per heavy atom. The van der Waals surface area contributed by atoms with Crippen molar-refractivity contribution in [2.24, 2.45) is 7.05 Å². The van der Waals surface area contributed by atoms with Crippen LogP contribution in [0.3, 0.4) is 0 Å². The number of hydrogen-bond donors (Lipinski definition) is 0. The van der Waals surface area contributed by atoms with Gasteiger partial charge in [-0.1, -0.05) is 12.1 Å². The van der Waals surface area contributed by atoms with E-state index < -0.39 is 9.05 Å². The van der Waals surface area contributed by atoms with Crippen molar-refractivity contribution in [3.05, 3.63) is 29.6 Å². The zero-order chi connectivity index (χ0) is 11.9. The molecule has 4 nitrogen and oxygen atoms in total. The molecule has 0 N–H and O–H groups in total. The van der Waals surface area contributed by atoms with Crippen LogP contribution in [0.15, 0.2) is 18.2 Å². The van der Waals surface area contributed by atoms with E-state index in [-0.39, 0.29) is 5.75 Å². The number of halogens is 1. The largest absolute Gasteiger partial charge is 0.331 e. The SMILES string of the molecule is Cc1nc2c(CS(=O)(=O)Cl)cccc2n1C. The van der Waals surface area contributed by atoms with Crippen LogP contribution in [0.5, 0.6) is 0 Å². The second kappa shape index (κ2) is 3.75. The van der Waals surface area contributed by atoms with Gasteiger partial charge in [-0.2, -0.15) is 0 Å². The molecular formula is C10H11ClN2O2S. The van der Waals surface area contributed by atoms with Crippen LogP contribution in [0, 0.1) is 6.92 Å². The Morgan fingerprint density at radius 1 is 1.44 bits per heavy atom. The van der Waals surface area contributed by atoms with E-state index in [0.717, 1.165) is 11.3 Å². The van der Waals surface area contributed by atoms with Crippen molar-refractivity contribution >= 4 is 30.8 Å². The summed E-state index contributed by atoms with van der Waals surface area (Å²) in [6, 6.07) is 5.44. The average molecular weight is 259 g/mol. The van der Waals surface area contributed by atoms with Gasteiger partial charge in [0.15, 0.2) is 0 Å². The van der Waals surface area contributed by atoms with E-state index in [1.165, 1.54) is 0 Å². The maximum atomic E-state index is 11.1. The highest BCUT2D eigenvalue weighted by Gasteiger charge is 2.13. The van der Waals surface area contributed by atoms with Gasteiger partial charge in [-0.3, -0.25) is 0 Å². The van der Waals surface area contributed by atoms with Crippen LogP contribution >= 0.6 is 10.7 Å². The molecule has 0 atom stereocenters. The van der Waals surface area contributed by atoms with E-state index in [2.05, 4.69) is 4.98 Å². The molecular weight excluding hydrogens is 248 g/mol. The molecule has 2 rings (SSSR count). The molecule has 16 heavy (non-hydrogen) atoms. The topological polar surface area (TPSA) is 52.0 Å². The van der Waals surface area contributed by atoms with Crippen molar-refractivity contribution in [2.75, 3.05) is 0 Å². The van der Waals surface area contributed by atoms with Crippen LogP contribution < -0.4 is 0 Å². The molecule has 1 aromatic carbocycles. The normalized spacial score (nSPS) is 12.2. The lowest BCUT2D eigenvalue weighted by Crippen LogP contribution is -1.96. The Hall–Kier alpha value is -1.07. The summed E-state index contributed by atoms with van der Waals surface area (Å²) in [4.78, 5) is 4.34. The average Bonchev–Trinajstić information content (AvgIpc) is 2.43. The van der Waals surface area contributed by atoms with Gasteiger partial charge in [-0.15, -0.1) is 0 Å². The van der Waals surface area contributed by atoms with Crippen LogP contribution in [-0.2, 0) is 21.9 Å². The summed E-state index contributed by atoms with van der Waals surface area (Å²) in [5.74, 6) is 0.650. The maximum Gasteiger partial charge on any atom is 0.236 e. The predicted molar refractivity (Wildman–Crippen MR) is 63.9 cm³/mol. The standard InChI is InChI=1S/C10H11ClN2O2S/c1-7-12-10-8(6-16(11,14)15)4-3-5-9(10)13(7)2/h3-5H,6H2,1-2H3. The summed E-state index contributed by atoms with van der Waals surface area (Å²) >= 11 is 0. The number of aryl methyl sites for hydroxylation is 2. The fourth-order valence-electron chi connectivity index (χ4n) is 1.69. The molecule has 86 valence electrons. The Morgan fingerprint density at radius 3 is 2.75 bits per heavy atom. The number of rotatable bonds is 2. The summed E-state index contributed by atoms with van der Waals surface area (Å²) < 4.78 is 24.1.